The highest BCUT2D eigenvalue weighted by Gasteiger charge is 2.23. The van der Waals surface area contributed by atoms with Gasteiger partial charge in [-0.3, -0.25) is 9.78 Å². The van der Waals surface area contributed by atoms with Crippen molar-refractivity contribution in [1.82, 2.24) is 9.88 Å². The molecule has 1 aliphatic rings. The monoisotopic (exact) mass is 219 g/mol. The number of rotatable bonds is 2. The molecular formula is C12H17N3O. The molecule has 2 heterocycles. The molecule has 1 unspecified atom stereocenters. The third-order valence-electron chi connectivity index (χ3n) is 2.92. The Morgan fingerprint density at radius 3 is 3.12 bits per heavy atom. The highest BCUT2D eigenvalue weighted by Crippen LogP contribution is 2.13. The van der Waals surface area contributed by atoms with Crippen LogP contribution < -0.4 is 5.73 Å². The number of likely N-dealkylation sites (tertiary alicyclic amines) is 1. The maximum atomic E-state index is 11.9. The molecule has 1 amide bonds. The Kier molecular flexibility index (Phi) is 3.51. The highest BCUT2D eigenvalue weighted by atomic mass is 16.2. The van der Waals surface area contributed by atoms with E-state index >= 15 is 0 Å². The van der Waals surface area contributed by atoms with Gasteiger partial charge in [-0.25, -0.2) is 0 Å². The Morgan fingerprint density at radius 2 is 2.38 bits per heavy atom. The van der Waals surface area contributed by atoms with Crippen molar-refractivity contribution in [2.75, 3.05) is 6.54 Å². The van der Waals surface area contributed by atoms with Crippen LogP contribution in [0, 0.1) is 0 Å². The van der Waals surface area contributed by atoms with E-state index in [0.29, 0.717) is 6.54 Å². The SMILES string of the molecule is NC1CCCCN(Cc2cccnc2)C1=O. The number of pyridine rings is 1. The van der Waals surface area contributed by atoms with Gasteiger partial charge in [0.15, 0.2) is 0 Å². The van der Waals surface area contributed by atoms with Gasteiger partial charge >= 0.3 is 0 Å². The van der Waals surface area contributed by atoms with E-state index in [2.05, 4.69) is 4.98 Å². The molecule has 1 saturated heterocycles. The molecule has 1 aliphatic heterocycles. The molecule has 0 aliphatic carbocycles. The third kappa shape index (κ3) is 2.58. The summed E-state index contributed by atoms with van der Waals surface area (Å²) in [6.45, 7) is 1.43. The number of nitrogens with zero attached hydrogens (tertiary/aromatic N) is 2. The maximum absolute atomic E-state index is 11.9. The molecule has 86 valence electrons. The molecular weight excluding hydrogens is 202 g/mol. The van der Waals surface area contributed by atoms with Crippen LogP contribution in [0.5, 0.6) is 0 Å². The van der Waals surface area contributed by atoms with E-state index in [4.69, 9.17) is 5.73 Å². The first-order valence-electron chi connectivity index (χ1n) is 5.70. The Bertz CT molecular complexity index is 353. The average molecular weight is 219 g/mol. The van der Waals surface area contributed by atoms with E-state index in [1.165, 1.54) is 0 Å². The second kappa shape index (κ2) is 5.07. The second-order valence-electron chi connectivity index (χ2n) is 4.22. The number of nitrogens with two attached hydrogens (primary N) is 1. The van der Waals surface area contributed by atoms with Gasteiger partial charge in [0.25, 0.3) is 0 Å². The minimum absolute atomic E-state index is 0.0707. The minimum atomic E-state index is -0.320. The first-order valence-corrected chi connectivity index (χ1v) is 5.70. The number of aromatic nitrogens is 1. The van der Waals surface area contributed by atoms with Gasteiger partial charge in [-0.15, -0.1) is 0 Å². The Balaban J connectivity index is 2.05. The molecule has 1 aromatic heterocycles. The van der Waals surface area contributed by atoms with E-state index in [-0.39, 0.29) is 11.9 Å². The quantitative estimate of drug-likeness (QED) is 0.804. The normalized spacial score (nSPS) is 21.9. The summed E-state index contributed by atoms with van der Waals surface area (Å²) in [5.41, 5.74) is 6.88. The van der Waals surface area contributed by atoms with Gasteiger partial charge < -0.3 is 10.6 Å². The van der Waals surface area contributed by atoms with Crippen LogP contribution in [0.2, 0.25) is 0 Å². The van der Waals surface area contributed by atoms with Crippen molar-refractivity contribution in [2.45, 2.75) is 31.8 Å². The summed E-state index contributed by atoms with van der Waals surface area (Å²) in [6.07, 6.45) is 6.42. The van der Waals surface area contributed by atoms with Gasteiger partial charge in [-0.2, -0.15) is 0 Å². The van der Waals surface area contributed by atoms with Crippen molar-refractivity contribution < 1.29 is 4.79 Å². The molecule has 0 spiro atoms. The molecule has 0 radical (unpaired) electrons. The molecule has 4 heteroatoms. The number of carbonyl (C=O) groups excluding carboxylic acids is 1. The lowest BCUT2D eigenvalue weighted by Crippen LogP contribution is -2.41. The summed E-state index contributed by atoms with van der Waals surface area (Å²) in [5, 5.41) is 0. The summed E-state index contributed by atoms with van der Waals surface area (Å²) < 4.78 is 0. The van der Waals surface area contributed by atoms with E-state index in [0.717, 1.165) is 31.4 Å². The van der Waals surface area contributed by atoms with Crippen molar-refractivity contribution in [1.29, 1.82) is 0 Å². The fourth-order valence-electron chi connectivity index (χ4n) is 2.00. The van der Waals surface area contributed by atoms with Crippen LogP contribution in [0.3, 0.4) is 0 Å². The molecule has 1 fully saturated rings. The third-order valence-corrected chi connectivity index (χ3v) is 2.92. The number of carbonyl (C=O) groups is 1. The molecule has 16 heavy (non-hydrogen) atoms. The minimum Gasteiger partial charge on any atom is -0.337 e. The second-order valence-corrected chi connectivity index (χ2v) is 4.22. The number of amides is 1. The smallest absolute Gasteiger partial charge is 0.239 e. The predicted molar refractivity (Wildman–Crippen MR) is 61.5 cm³/mol. The first kappa shape index (κ1) is 11.1. The molecule has 1 aromatic rings. The van der Waals surface area contributed by atoms with Crippen LogP contribution in [0.25, 0.3) is 0 Å². The van der Waals surface area contributed by atoms with Gasteiger partial charge in [-0.1, -0.05) is 6.07 Å². The van der Waals surface area contributed by atoms with Gasteiger partial charge in [0.2, 0.25) is 5.91 Å². The number of hydrogen-bond donors (Lipinski definition) is 1. The molecule has 2 N–H and O–H groups in total. The molecule has 1 atom stereocenters. The lowest BCUT2D eigenvalue weighted by molar-refractivity contribution is -0.132. The lowest BCUT2D eigenvalue weighted by atomic mass is 10.1. The fourth-order valence-corrected chi connectivity index (χ4v) is 2.00. The largest absolute Gasteiger partial charge is 0.337 e. The van der Waals surface area contributed by atoms with Crippen molar-refractivity contribution in [3.05, 3.63) is 30.1 Å². The predicted octanol–water partition coefficient (Wildman–Crippen LogP) is 0.921. The Morgan fingerprint density at radius 1 is 1.50 bits per heavy atom. The number of hydrogen-bond acceptors (Lipinski definition) is 3. The summed E-state index contributed by atoms with van der Waals surface area (Å²) in [6, 6.07) is 3.55. The zero-order valence-corrected chi connectivity index (χ0v) is 9.30. The van der Waals surface area contributed by atoms with E-state index < -0.39 is 0 Å². The summed E-state index contributed by atoms with van der Waals surface area (Å²) in [5.74, 6) is 0.0707. The van der Waals surface area contributed by atoms with E-state index in [1.807, 2.05) is 17.0 Å². The van der Waals surface area contributed by atoms with Gasteiger partial charge in [0.05, 0.1) is 6.04 Å². The molecule has 0 aromatic carbocycles. The van der Waals surface area contributed by atoms with Crippen LogP contribution in [0.4, 0.5) is 0 Å². The van der Waals surface area contributed by atoms with E-state index in [9.17, 15) is 4.79 Å². The maximum Gasteiger partial charge on any atom is 0.239 e. The molecule has 0 saturated carbocycles. The summed E-state index contributed by atoms with van der Waals surface area (Å²) in [4.78, 5) is 17.8. The topological polar surface area (TPSA) is 59.2 Å². The first-order chi connectivity index (χ1) is 7.77. The van der Waals surface area contributed by atoms with Crippen LogP contribution in [0.1, 0.15) is 24.8 Å². The Labute approximate surface area is 95.5 Å². The Hall–Kier alpha value is -1.42. The lowest BCUT2D eigenvalue weighted by Gasteiger charge is -2.22. The average Bonchev–Trinajstić information content (AvgIpc) is 2.46. The summed E-state index contributed by atoms with van der Waals surface area (Å²) >= 11 is 0. The molecule has 0 bridgehead atoms. The summed E-state index contributed by atoms with van der Waals surface area (Å²) in [7, 11) is 0. The van der Waals surface area contributed by atoms with Crippen molar-refractivity contribution >= 4 is 5.91 Å². The van der Waals surface area contributed by atoms with Crippen LogP contribution in [-0.4, -0.2) is 28.4 Å². The van der Waals surface area contributed by atoms with Crippen LogP contribution >= 0.6 is 0 Å². The van der Waals surface area contributed by atoms with Crippen LogP contribution in [-0.2, 0) is 11.3 Å². The van der Waals surface area contributed by atoms with Crippen molar-refractivity contribution in [3.63, 3.8) is 0 Å². The molecule has 2 rings (SSSR count). The van der Waals surface area contributed by atoms with Gasteiger partial charge in [0.1, 0.15) is 0 Å². The van der Waals surface area contributed by atoms with Crippen molar-refractivity contribution in [3.8, 4) is 0 Å². The van der Waals surface area contributed by atoms with Gasteiger partial charge in [-0.05, 0) is 30.9 Å². The zero-order chi connectivity index (χ0) is 11.4. The van der Waals surface area contributed by atoms with E-state index in [1.54, 1.807) is 12.4 Å². The van der Waals surface area contributed by atoms with Crippen LogP contribution in [0.15, 0.2) is 24.5 Å². The zero-order valence-electron chi connectivity index (χ0n) is 9.30. The standard InChI is InChI=1S/C12H17N3O/c13-11-5-1-2-7-15(12(11)16)9-10-4-3-6-14-8-10/h3-4,6,8,11H,1-2,5,7,9,13H2. The van der Waals surface area contributed by atoms with Crippen molar-refractivity contribution in [2.24, 2.45) is 5.73 Å². The fraction of sp³-hybridized carbons (Fsp3) is 0.500. The van der Waals surface area contributed by atoms with Gasteiger partial charge in [0, 0.05) is 25.5 Å². The molecule has 4 nitrogen and oxygen atoms in total. The highest BCUT2D eigenvalue weighted by molar-refractivity contribution is 5.81.